The van der Waals surface area contributed by atoms with Gasteiger partial charge in [0.25, 0.3) is 0 Å². The van der Waals surface area contributed by atoms with Gasteiger partial charge in [0.2, 0.25) is 5.91 Å². The van der Waals surface area contributed by atoms with Crippen LogP contribution in [0.5, 0.6) is 0 Å². The standard InChI is InChI=1S/C15H31N3O3/c1-13(12-21-3)18(8-9-20-2)14(11-16)10-15(19)17-6-4-5-7-17/h13-14H,4-12,16H2,1-3H3. The Hall–Kier alpha value is -0.690. The van der Waals surface area contributed by atoms with Crippen LogP contribution in [0.4, 0.5) is 0 Å². The second-order valence-electron chi connectivity index (χ2n) is 5.72. The number of amides is 1. The van der Waals surface area contributed by atoms with Crippen molar-refractivity contribution in [2.45, 2.75) is 38.3 Å². The third kappa shape index (κ3) is 5.90. The molecule has 6 heteroatoms. The molecule has 2 atom stereocenters. The number of methoxy groups -OCH3 is 2. The largest absolute Gasteiger partial charge is 0.383 e. The molecule has 0 bridgehead atoms. The van der Waals surface area contributed by atoms with Gasteiger partial charge in [-0.3, -0.25) is 9.69 Å². The highest BCUT2D eigenvalue weighted by atomic mass is 16.5. The number of ether oxygens (including phenoxy) is 2. The van der Waals surface area contributed by atoms with E-state index in [9.17, 15) is 4.79 Å². The summed E-state index contributed by atoms with van der Waals surface area (Å²) in [6.07, 6.45) is 2.72. The first-order valence-corrected chi connectivity index (χ1v) is 7.85. The Bertz CT molecular complexity index is 296. The minimum atomic E-state index is 0.0402. The summed E-state index contributed by atoms with van der Waals surface area (Å²) in [7, 11) is 3.38. The van der Waals surface area contributed by atoms with Crippen LogP contribution in [0.25, 0.3) is 0 Å². The lowest BCUT2D eigenvalue weighted by atomic mass is 10.1. The summed E-state index contributed by atoms with van der Waals surface area (Å²) in [6, 6.07) is 0.253. The second-order valence-corrected chi connectivity index (χ2v) is 5.72. The number of rotatable bonds is 10. The first-order valence-electron chi connectivity index (χ1n) is 7.85. The summed E-state index contributed by atoms with van der Waals surface area (Å²) in [6.45, 7) is 6.36. The molecule has 0 radical (unpaired) electrons. The number of nitrogens with two attached hydrogens (primary N) is 1. The van der Waals surface area contributed by atoms with Crippen molar-refractivity contribution in [2.24, 2.45) is 5.73 Å². The van der Waals surface area contributed by atoms with Crippen LogP contribution in [0, 0.1) is 0 Å². The predicted octanol–water partition coefficient (Wildman–Crippen LogP) is 0.310. The molecule has 0 aromatic carbocycles. The Labute approximate surface area is 128 Å². The molecule has 0 aromatic rings. The molecule has 1 heterocycles. The lowest BCUT2D eigenvalue weighted by Gasteiger charge is -2.36. The molecule has 1 aliphatic heterocycles. The minimum absolute atomic E-state index is 0.0402. The van der Waals surface area contributed by atoms with Gasteiger partial charge in [-0.15, -0.1) is 0 Å². The van der Waals surface area contributed by atoms with Crippen LogP contribution in [-0.2, 0) is 14.3 Å². The fourth-order valence-corrected chi connectivity index (χ4v) is 2.93. The van der Waals surface area contributed by atoms with Crippen molar-refractivity contribution in [3.05, 3.63) is 0 Å². The summed E-state index contributed by atoms with van der Waals surface area (Å²) in [5.41, 5.74) is 5.93. The molecule has 2 unspecified atom stereocenters. The van der Waals surface area contributed by atoms with E-state index in [0.29, 0.717) is 26.2 Å². The minimum Gasteiger partial charge on any atom is -0.383 e. The van der Waals surface area contributed by atoms with Crippen molar-refractivity contribution in [1.29, 1.82) is 0 Å². The predicted molar refractivity (Wildman–Crippen MR) is 83.2 cm³/mol. The number of likely N-dealkylation sites (tertiary alicyclic amines) is 1. The molecule has 21 heavy (non-hydrogen) atoms. The zero-order valence-corrected chi connectivity index (χ0v) is 13.7. The monoisotopic (exact) mass is 301 g/mol. The molecule has 1 amide bonds. The second kappa shape index (κ2) is 10.1. The van der Waals surface area contributed by atoms with Gasteiger partial charge in [-0.1, -0.05) is 0 Å². The summed E-state index contributed by atoms with van der Waals surface area (Å²) in [4.78, 5) is 16.5. The van der Waals surface area contributed by atoms with Crippen molar-refractivity contribution < 1.29 is 14.3 Å². The van der Waals surface area contributed by atoms with Crippen molar-refractivity contribution in [1.82, 2.24) is 9.80 Å². The van der Waals surface area contributed by atoms with Gasteiger partial charge in [-0.05, 0) is 19.8 Å². The van der Waals surface area contributed by atoms with Gasteiger partial charge >= 0.3 is 0 Å². The molecule has 124 valence electrons. The molecule has 6 nitrogen and oxygen atoms in total. The maximum Gasteiger partial charge on any atom is 0.224 e. The summed E-state index contributed by atoms with van der Waals surface area (Å²) < 4.78 is 10.4. The summed E-state index contributed by atoms with van der Waals surface area (Å²) in [5.74, 6) is 0.218. The Balaban J connectivity index is 2.62. The Morgan fingerprint density at radius 2 is 1.95 bits per heavy atom. The topological polar surface area (TPSA) is 68.0 Å². The number of nitrogens with zero attached hydrogens (tertiary/aromatic N) is 2. The molecule has 1 rings (SSSR count). The first-order chi connectivity index (χ1) is 10.1. The molecule has 0 spiro atoms. The van der Waals surface area contributed by atoms with Gasteiger partial charge in [0, 0.05) is 58.9 Å². The third-order valence-electron chi connectivity index (χ3n) is 4.14. The normalized spacial score (nSPS) is 18.2. The van der Waals surface area contributed by atoms with Gasteiger partial charge in [0.05, 0.1) is 13.2 Å². The fraction of sp³-hybridized carbons (Fsp3) is 0.933. The Morgan fingerprint density at radius 1 is 1.29 bits per heavy atom. The SMILES string of the molecule is COCCN(C(C)COC)C(CN)CC(=O)N1CCCC1. The third-order valence-corrected chi connectivity index (χ3v) is 4.14. The quantitative estimate of drug-likeness (QED) is 0.629. The zero-order chi connectivity index (χ0) is 15.7. The number of hydrogen-bond acceptors (Lipinski definition) is 5. The van der Waals surface area contributed by atoms with Crippen molar-refractivity contribution in [3.63, 3.8) is 0 Å². The van der Waals surface area contributed by atoms with Gasteiger partial charge in [0.1, 0.15) is 0 Å². The molecule has 1 aliphatic rings. The lowest BCUT2D eigenvalue weighted by molar-refractivity contribution is -0.131. The van der Waals surface area contributed by atoms with Gasteiger partial charge in [0.15, 0.2) is 0 Å². The molecule has 0 aliphatic carbocycles. The van der Waals surface area contributed by atoms with Gasteiger partial charge < -0.3 is 20.1 Å². The van der Waals surface area contributed by atoms with E-state index in [1.165, 1.54) is 0 Å². The van der Waals surface area contributed by atoms with E-state index in [4.69, 9.17) is 15.2 Å². The number of hydrogen-bond donors (Lipinski definition) is 1. The smallest absolute Gasteiger partial charge is 0.224 e. The van der Waals surface area contributed by atoms with Crippen LogP contribution in [0.15, 0.2) is 0 Å². The highest BCUT2D eigenvalue weighted by molar-refractivity contribution is 5.77. The van der Waals surface area contributed by atoms with Crippen LogP contribution in [-0.4, -0.2) is 81.4 Å². The molecule has 0 aromatic heterocycles. The number of carbonyl (C=O) groups is 1. The van der Waals surface area contributed by atoms with E-state index in [-0.39, 0.29) is 18.0 Å². The van der Waals surface area contributed by atoms with E-state index >= 15 is 0 Å². The Morgan fingerprint density at radius 3 is 2.48 bits per heavy atom. The number of carbonyl (C=O) groups excluding carboxylic acids is 1. The summed E-state index contributed by atoms with van der Waals surface area (Å²) in [5, 5.41) is 0. The van der Waals surface area contributed by atoms with E-state index in [1.807, 2.05) is 4.90 Å². The first kappa shape index (κ1) is 18.4. The van der Waals surface area contributed by atoms with Gasteiger partial charge in [-0.2, -0.15) is 0 Å². The summed E-state index contributed by atoms with van der Waals surface area (Å²) >= 11 is 0. The Kier molecular flexibility index (Phi) is 8.84. The molecular weight excluding hydrogens is 270 g/mol. The van der Waals surface area contributed by atoms with Crippen molar-refractivity contribution >= 4 is 5.91 Å². The van der Waals surface area contributed by atoms with Crippen LogP contribution in [0.2, 0.25) is 0 Å². The average molecular weight is 301 g/mol. The van der Waals surface area contributed by atoms with Crippen LogP contribution < -0.4 is 5.73 Å². The van der Waals surface area contributed by atoms with Crippen LogP contribution in [0.3, 0.4) is 0 Å². The fourth-order valence-electron chi connectivity index (χ4n) is 2.93. The van der Waals surface area contributed by atoms with E-state index in [2.05, 4.69) is 11.8 Å². The van der Waals surface area contributed by atoms with E-state index in [0.717, 1.165) is 32.5 Å². The molecule has 1 saturated heterocycles. The van der Waals surface area contributed by atoms with E-state index in [1.54, 1.807) is 14.2 Å². The zero-order valence-electron chi connectivity index (χ0n) is 13.7. The molecule has 0 saturated carbocycles. The van der Waals surface area contributed by atoms with Crippen molar-refractivity contribution in [2.75, 3.05) is 53.6 Å². The molecular formula is C15H31N3O3. The molecule has 1 fully saturated rings. The van der Waals surface area contributed by atoms with Gasteiger partial charge in [-0.25, -0.2) is 0 Å². The van der Waals surface area contributed by atoms with E-state index < -0.39 is 0 Å². The van der Waals surface area contributed by atoms with Crippen LogP contribution in [0.1, 0.15) is 26.2 Å². The van der Waals surface area contributed by atoms with Crippen molar-refractivity contribution in [3.8, 4) is 0 Å². The maximum absolute atomic E-state index is 12.4. The maximum atomic E-state index is 12.4. The molecule has 2 N–H and O–H groups in total. The highest BCUT2D eigenvalue weighted by Crippen LogP contribution is 2.14. The van der Waals surface area contributed by atoms with Crippen LogP contribution >= 0.6 is 0 Å². The lowest BCUT2D eigenvalue weighted by Crippen LogP contribution is -2.50. The highest BCUT2D eigenvalue weighted by Gasteiger charge is 2.27. The average Bonchev–Trinajstić information content (AvgIpc) is 3.00.